The fraction of sp³-hybridized carbons (Fsp3) is 0.179. The van der Waals surface area contributed by atoms with Gasteiger partial charge in [0.05, 0.1) is 16.4 Å². The van der Waals surface area contributed by atoms with Gasteiger partial charge in [-0.2, -0.15) is 0 Å². The van der Waals surface area contributed by atoms with Crippen LogP contribution >= 0.6 is 0 Å². The Morgan fingerprint density at radius 2 is 1.29 bits per heavy atom. The van der Waals surface area contributed by atoms with Crippen molar-refractivity contribution >= 4 is 11.9 Å². The van der Waals surface area contributed by atoms with Gasteiger partial charge in [-0.05, 0) is 91.6 Å². The molecular formula is C39H31FO5. The average molecular weight is 599 g/mol. The summed E-state index contributed by atoms with van der Waals surface area (Å²) in [4.78, 5) is 26.8. The van der Waals surface area contributed by atoms with E-state index in [1.807, 2.05) is 75.4 Å². The topological polar surface area (TPSA) is 61.8 Å². The fourth-order valence-electron chi connectivity index (χ4n) is 6.58. The molecule has 0 aliphatic heterocycles. The molecule has 0 spiro atoms. The summed E-state index contributed by atoms with van der Waals surface area (Å²) in [5.41, 5.74) is 4.16. The van der Waals surface area contributed by atoms with Crippen molar-refractivity contribution in [3.8, 4) is 17.2 Å². The van der Waals surface area contributed by atoms with Crippen molar-refractivity contribution in [1.29, 1.82) is 0 Å². The molecule has 224 valence electrons. The molecule has 0 amide bonds. The molecule has 0 fully saturated rings. The van der Waals surface area contributed by atoms with E-state index in [-0.39, 0.29) is 24.1 Å². The average Bonchev–Trinajstić information content (AvgIpc) is 3.05. The highest BCUT2D eigenvalue weighted by atomic mass is 19.1. The van der Waals surface area contributed by atoms with Crippen molar-refractivity contribution in [3.05, 3.63) is 160 Å². The third-order valence-electron chi connectivity index (χ3n) is 8.64. The highest BCUT2D eigenvalue weighted by molar-refractivity contribution is 5.92. The standard InChI is InChI=1S/C39H31FO5/c1-38(2,3)37(42)45-31-21-22-32(44-36(41)24-17-19-25(40)20-18-24)35-34(31)33-27-13-7-9-15-29(27)39(35,30-16-10-8-14-28(30)33)23-43-26-11-5-4-6-12-26/h4-22,33H,23H2,1-3H3. The molecule has 45 heavy (non-hydrogen) atoms. The van der Waals surface area contributed by atoms with Crippen LogP contribution in [-0.4, -0.2) is 18.5 Å². The van der Waals surface area contributed by atoms with Gasteiger partial charge in [-0.25, -0.2) is 9.18 Å². The highest BCUT2D eigenvalue weighted by Crippen LogP contribution is 2.63. The maximum absolute atomic E-state index is 13.7. The molecule has 0 saturated carbocycles. The van der Waals surface area contributed by atoms with Crippen LogP contribution in [0.15, 0.2) is 115 Å². The minimum Gasteiger partial charge on any atom is -0.492 e. The maximum atomic E-state index is 13.7. The SMILES string of the molecule is CC(C)(C)C(=O)Oc1ccc(OC(=O)c2ccc(F)cc2)c2c1C1c3ccccc3C2(COc2ccccc2)c2ccccc21. The Hall–Kier alpha value is -5.23. The number of hydrogen-bond donors (Lipinski definition) is 0. The smallest absolute Gasteiger partial charge is 0.343 e. The molecule has 6 heteroatoms. The van der Waals surface area contributed by atoms with Crippen LogP contribution in [0.5, 0.6) is 17.2 Å². The second-order valence-electron chi connectivity index (χ2n) is 12.5. The Labute approximate surface area is 261 Å². The van der Waals surface area contributed by atoms with Gasteiger partial charge in [-0.15, -0.1) is 0 Å². The number of benzene rings is 5. The van der Waals surface area contributed by atoms with Gasteiger partial charge in [0.1, 0.15) is 29.7 Å². The van der Waals surface area contributed by atoms with Crippen LogP contribution in [0, 0.1) is 11.2 Å². The number of ether oxygens (including phenoxy) is 3. The first-order valence-corrected chi connectivity index (χ1v) is 14.9. The number of rotatable bonds is 6. The summed E-state index contributed by atoms with van der Waals surface area (Å²) in [6.07, 6.45) is 0. The third-order valence-corrected chi connectivity index (χ3v) is 8.64. The van der Waals surface area contributed by atoms with E-state index in [1.54, 1.807) is 12.1 Å². The van der Waals surface area contributed by atoms with E-state index in [4.69, 9.17) is 14.2 Å². The summed E-state index contributed by atoms with van der Waals surface area (Å²) in [7, 11) is 0. The van der Waals surface area contributed by atoms with Gasteiger partial charge in [0.15, 0.2) is 0 Å². The number of carbonyl (C=O) groups excluding carboxylic acids is 2. The lowest BCUT2D eigenvalue weighted by atomic mass is 9.53. The monoisotopic (exact) mass is 598 g/mol. The lowest BCUT2D eigenvalue weighted by molar-refractivity contribution is -0.143. The van der Waals surface area contributed by atoms with Crippen LogP contribution in [0.1, 0.15) is 70.4 Å². The summed E-state index contributed by atoms with van der Waals surface area (Å²) in [6.45, 7) is 5.62. The highest BCUT2D eigenvalue weighted by Gasteiger charge is 2.55. The molecule has 3 aliphatic rings. The quantitative estimate of drug-likeness (QED) is 0.146. The summed E-state index contributed by atoms with van der Waals surface area (Å²) < 4.78 is 32.6. The number of esters is 2. The second kappa shape index (κ2) is 10.7. The van der Waals surface area contributed by atoms with E-state index < -0.39 is 22.6 Å². The Bertz CT molecular complexity index is 1890. The Morgan fingerprint density at radius 3 is 1.91 bits per heavy atom. The number of carbonyl (C=O) groups is 2. The van der Waals surface area contributed by atoms with Crippen molar-refractivity contribution < 1.29 is 28.2 Å². The van der Waals surface area contributed by atoms with E-state index in [0.717, 1.165) is 27.8 Å². The molecular weight excluding hydrogens is 567 g/mol. The molecule has 0 radical (unpaired) electrons. The zero-order chi connectivity index (χ0) is 31.3. The molecule has 0 unspecified atom stereocenters. The summed E-state index contributed by atoms with van der Waals surface area (Å²) >= 11 is 0. The zero-order valence-electron chi connectivity index (χ0n) is 25.2. The van der Waals surface area contributed by atoms with Crippen molar-refractivity contribution in [1.82, 2.24) is 0 Å². The van der Waals surface area contributed by atoms with Crippen molar-refractivity contribution in [2.75, 3.05) is 6.61 Å². The van der Waals surface area contributed by atoms with Crippen LogP contribution in [0.4, 0.5) is 4.39 Å². The summed E-state index contributed by atoms with van der Waals surface area (Å²) in [5.74, 6) is -0.326. The molecule has 0 atom stereocenters. The molecule has 0 N–H and O–H groups in total. The first kappa shape index (κ1) is 28.5. The van der Waals surface area contributed by atoms with Crippen molar-refractivity contribution in [2.45, 2.75) is 32.1 Å². The van der Waals surface area contributed by atoms with E-state index >= 15 is 0 Å². The van der Waals surface area contributed by atoms with Crippen LogP contribution < -0.4 is 14.2 Å². The van der Waals surface area contributed by atoms with Gasteiger partial charge in [0, 0.05) is 17.0 Å². The predicted octanol–water partition coefficient (Wildman–Crippen LogP) is 8.22. The predicted molar refractivity (Wildman–Crippen MR) is 169 cm³/mol. The number of hydrogen-bond acceptors (Lipinski definition) is 5. The van der Waals surface area contributed by atoms with Crippen LogP contribution in [0.3, 0.4) is 0 Å². The number of halogens is 1. The normalized spacial score (nSPS) is 17.5. The van der Waals surface area contributed by atoms with Crippen molar-refractivity contribution in [3.63, 3.8) is 0 Å². The van der Waals surface area contributed by atoms with Gasteiger partial charge in [0.2, 0.25) is 0 Å². The lowest BCUT2D eigenvalue weighted by Crippen LogP contribution is -2.47. The molecule has 0 saturated heterocycles. The van der Waals surface area contributed by atoms with Gasteiger partial charge in [-0.3, -0.25) is 4.79 Å². The molecule has 8 rings (SSSR count). The fourth-order valence-corrected chi connectivity index (χ4v) is 6.58. The molecule has 0 heterocycles. The molecule has 5 aromatic rings. The second-order valence-corrected chi connectivity index (χ2v) is 12.5. The minimum absolute atomic E-state index is 0.183. The summed E-state index contributed by atoms with van der Waals surface area (Å²) in [5, 5.41) is 0. The van der Waals surface area contributed by atoms with Crippen LogP contribution in [-0.2, 0) is 10.2 Å². The van der Waals surface area contributed by atoms with Gasteiger partial charge >= 0.3 is 11.9 Å². The van der Waals surface area contributed by atoms with Gasteiger partial charge in [-0.1, -0.05) is 66.7 Å². The Morgan fingerprint density at radius 1 is 0.711 bits per heavy atom. The summed E-state index contributed by atoms with van der Waals surface area (Å²) in [6, 6.07) is 34.6. The largest absolute Gasteiger partial charge is 0.492 e. The molecule has 5 nitrogen and oxygen atoms in total. The van der Waals surface area contributed by atoms with Gasteiger partial charge in [0.25, 0.3) is 0 Å². The molecule has 0 aromatic heterocycles. The first-order chi connectivity index (χ1) is 21.7. The number of para-hydroxylation sites is 1. The van der Waals surface area contributed by atoms with E-state index in [9.17, 15) is 14.0 Å². The lowest BCUT2D eigenvalue weighted by Gasteiger charge is -2.50. The zero-order valence-corrected chi connectivity index (χ0v) is 25.2. The third kappa shape index (κ3) is 4.69. The first-order valence-electron chi connectivity index (χ1n) is 14.9. The van der Waals surface area contributed by atoms with Crippen molar-refractivity contribution in [2.24, 2.45) is 5.41 Å². The molecule has 5 aromatic carbocycles. The van der Waals surface area contributed by atoms with E-state index in [1.165, 1.54) is 24.3 Å². The Balaban J connectivity index is 1.49. The van der Waals surface area contributed by atoms with E-state index in [0.29, 0.717) is 22.8 Å². The molecule has 2 bridgehead atoms. The van der Waals surface area contributed by atoms with E-state index in [2.05, 4.69) is 24.3 Å². The molecule has 3 aliphatic carbocycles. The Kier molecular flexibility index (Phi) is 6.81. The minimum atomic E-state index is -0.935. The van der Waals surface area contributed by atoms with Gasteiger partial charge < -0.3 is 14.2 Å². The van der Waals surface area contributed by atoms with Crippen LogP contribution in [0.25, 0.3) is 0 Å². The maximum Gasteiger partial charge on any atom is 0.343 e. The van der Waals surface area contributed by atoms with Crippen LogP contribution in [0.2, 0.25) is 0 Å².